The fraction of sp³-hybridized carbons (Fsp3) is 0.429. The van der Waals surface area contributed by atoms with Crippen molar-refractivity contribution in [1.82, 2.24) is 25.4 Å². The summed E-state index contributed by atoms with van der Waals surface area (Å²) in [5.74, 6) is 1.55. The number of rotatable bonds is 5. The summed E-state index contributed by atoms with van der Waals surface area (Å²) in [6.07, 6.45) is 3.67. The molecular formula is C14H15N5O2S2. The molecule has 1 aliphatic heterocycles. The zero-order valence-corrected chi connectivity index (χ0v) is 13.9. The molecule has 120 valence electrons. The second-order valence-corrected chi connectivity index (χ2v) is 7.09. The minimum Gasteiger partial charge on any atom is -0.381 e. The zero-order chi connectivity index (χ0) is 15.5. The Bertz CT molecular complexity index is 749. The molecule has 0 amide bonds. The van der Waals surface area contributed by atoms with Crippen molar-refractivity contribution in [3.8, 4) is 10.6 Å². The monoisotopic (exact) mass is 349 g/mol. The van der Waals surface area contributed by atoms with E-state index in [-0.39, 0.29) is 0 Å². The van der Waals surface area contributed by atoms with Crippen molar-refractivity contribution in [3.63, 3.8) is 0 Å². The Morgan fingerprint density at radius 2 is 2.26 bits per heavy atom. The van der Waals surface area contributed by atoms with Crippen molar-refractivity contribution < 1.29 is 9.26 Å². The van der Waals surface area contributed by atoms with Crippen molar-refractivity contribution >= 4 is 23.1 Å². The van der Waals surface area contributed by atoms with E-state index in [0.717, 1.165) is 53.2 Å². The smallest absolute Gasteiger partial charge is 0.209 e. The van der Waals surface area contributed by atoms with Crippen LogP contribution in [0.15, 0.2) is 33.4 Å². The van der Waals surface area contributed by atoms with Crippen molar-refractivity contribution in [3.05, 3.63) is 29.3 Å². The van der Waals surface area contributed by atoms with Gasteiger partial charge < -0.3 is 9.26 Å². The van der Waals surface area contributed by atoms with E-state index in [9.17, 15) is 0 Å². The second-order valence-electron chi connectivity index (χ2n) is 5.20. The number of hydrogen-bond acceptors (Lipinski definition) is 8. The van der Waals surface area contributed by atoms with Gasteiger partial charge in [-0.2, -0.15) is 0 Å². The molecule has 1 saturated heterocycles. The SMILES string of the molecule is c1csc(-c2oncc2CSc2nnnn2C2CCOCC2)c1. The van der Waals surface area contributed by atoms with Gasteiger partial charge in [-0.1, -0.05) is 23.0 Å². The van der Waals surface area contributed by atoms with Gasteiger partial charge in [-0.15, -0.1) is 16.4 Å². The number of hydrogen-bond donors (Lipinski definition) is 0. The minimum absolute atomic E-state index is 0.320. The molecule has 0 N–H and O–H groups in total. The van der Waals surface area contributed by atoms with Gasteiger partial charge in [0.1, 0.15) is 0 Å². The normalized spacial score (nSPS) is 16.0. The lowest BCUT2D eigenvalue weighted by Gasteiger charge is -2.22. The van der Waals surface area contributed by atoms with Crippen LogP contribution >= 0.6 is 23.1 Å². The molecule has 3 aromatic rings. The molecule has 1 fully saturated rings. The zero-order valence-electron chi connectivity index (χ0n) is 12.3. The molecule has 9 heteroatoms. The van der Waals surface area contributed by atoms with E-state index in [0.29, 0.717) is 6.04 Å². The number of aromatic nitrogens is 5. The van der Waals surface area contributed by atoms with E-state index in [1.807, 2.05) is 22.2 Å². The number of ether oxygens (including phenoxy) is 1. The average molecular weight is 349 g/mol. The van der Waals surface area contributed by atoms with E-state index >= 15 is 0 Å². The third kappa shape index (κ3) is 3.17. The molecule has 7 nitrogen and oxygen atoms in total. The molecule has 1 aliphatic rings. The summed E-state index contributed by atoms with van der Waals surface area (Å²) in [6.45, 7) is 1.53. The van der Waals surface area contributed by atoms with E-state index in [1.54, 1.807) is 29.3 Å². The highest BCUT2D eigenvalue weighted by Gasteiger charge is 2.21. The molecule has 4 rings (SSSR count). The van der Waals surface area contributed by atoms with Gasteiger partial charge in [0, 0.05) is 24.5 Å². The van der Waals surface area contributed by atoms with Gasteiger partial charge in [0.25, 0.3) is 0 Å². The van der Waals surface area contributed by atoms with Gasteiger partial charge in [-0.05, 0) is 34.7 Å². The fourth-order valence-electron chi connectivity index (χ4n) is 2.56. The summed E-state index contributed by atoms with van der Waals surface area (Å²) < 4.78 is 12.7. The van der Waals surface area contributed by atoms with Crippen LogP contribution in [0.25, 0.3) is 10.6 Å². The first-order chi connectivity index (χ1) is 11.4. The predicted octanol–water partition coefficient (Wildman–Crippen LogP) is 3.03. The molecule has 3 aromatic heterocycles. The summed E-state index contributed by atoms with van der Waals surface area (Å²) in [5, 5.41) is 18.9. The molecule has 23 heavy (non-hydrogen) atoms. The number of thioether (sulfide) groups is 1. The summed E-state index contributed by atoms with van der Waals surface area (Å²) in [6, 6.07) is 4.36. The molecule has 0 aromatic carbocycles. The molecule has 0 radical (unpaired) electrons. The van der Waals surface area contributed by atoms with Gasteiger partial charge in [0.15, 0.2) is 5.76 Å². The number of nitrogens with zero attached hydrogens (tertiary/aromatic N) is 5. The lowest BCUT2D eigenvalue weighted by atomic mass is 10.1. The predicted molar refractivity (Wildman–Crippen MR) is 86.3 cm³/mol. The van der Waals surface area contributed by atoms with Crippen LogP contribution in [-0.2, 0) is 10.5 Å². The van der Waals surface area contributed by atoms with Crippen molar-refractivity contribution in [2.45, 2.75) is 29.8 Å². The van der Waals surface area contributed by atoms with Crippen LogP contribution in [0.1, 0.15) is 24.4 Å². The molecule has 4 heterocycles. The Hall–Kier alpha value is -1.71. The van der Waals surface area contributed by atoms with Crippen LogP contribution in [-0.4, -0.2) is 38.6 Å². The molecule has 0 spiro atoms. The molecule has 0 bridgehead atoms. The van der Waals surface area contributed by atoms with Crippen LogP contribution in [0.5, 0.6) is 0 Å². The molecular weight excluding hydrogens is 334 g/mol. The van der Waals surface area contributed by atoms with E-state index < -0.39 is 0 Å². The largest absolute Gasteiger partial charge is 0.381 e. The maximum absolute atomic E-state index is 5.41. The standard InChI is InChI=1S/C14H15N5O2S2/c1-2-12(22-7-1)13-10(8-15-21-13)9-23-14-16-17-18-19(14)11-3-5-20-6-4-11/h1-2,7-8,11H,3-6,9H2. The highest BCUT2D eigenvalue weighted by Crippen LogP contribution is 2.32. The first-order valence-corrected chi connectivity index (χ1v) is 9.24. The Kier molecular flexibility index (Phi) is 4.40. The van der Waals surface area contributed by atoms with E-state index in [4.69, 9.17) is 9.26 Å². The van der Waals surface area contributed by atoms with Gasteiger partial charge >= 0.3 is 0 Å². The summed E-state index contributed by atoms with van der Waals surface area (Å²) >= 11 is 3.25. The first kappa shape index (κ1) is 14.9. The highest BCUT2D eigenvalue weighted by molar-refractivity contribution is 7.98. The van der Waals surface area contributed by atoms with Gasteiger partial charge in [-0.25, -0.2) is 4.68 Å². The van der Waals surface area contributed by atoms with Crippen LogP contribution < -0.4 is 0 Å². The van der Waals surface area contributed by atoms with Crippen LogP contribution in [0, 0.1) is 0 Å². The topological polar surface area (TPSA) is 78.9 Å². The molecule has 0 atom stereocenters. The van der Waals surface area contributed by atoms with Crippen LogP contribution in [0.4, 0.5) is 0 Å². The van der Waals surface area contributed by atoms with Gasteiger partial charge in [0.05, 0.1) is 17.1 Å². The lowest BCUT2D eigenvalue weighted by molar-refractivity contribution is 0.0631. The van der Waals surface area contributed by atoms with Crippen molar-refractivity contribution in [2.75, 3.05) is 13.2 Å². The van der Waals surface area contributed by atoms with Crippen LogP contribution in [0.2, 0.25) is 0 Å². The minimum atomic E-state index is 0.320. The summed E-state index contributed by atoms with van der Waals surface area (Å²) in [5.41, 5.74) is 1.05. The Labute approximate surface area is 141 Å². The summed E-state index contributed by atoms with van der Waals surface area (Å²) in [7, 11) is 0. The molecule has 0 unspecified atom stereocenters. The molecule has 0 saturated carbocycles. The van der Waals surface area contributed by atoms with Gasteiger partial charge in [-0.3, -0.25) is 0 Å². The maximum atomic E-state index is 5.41. The average Bonchev–Trinajstić information content (AvgIpc) is 3.33. The second kappa shape index (κ2) is 6.81. The lowest BCUT2D eigenvalue weighted by Crippen LogP contribution is -2.21. The molecule has 0 aliphatic carbocycles. The summed E-state index contributed by atoms with van der Waals surface area (Å²) in [4.78, 5) is 1.09. The first-order valence-electron chi connectivity index (χ1n) is 7.37. The third-order valence-electron chi connectivity index (χ3n) is 3.75. The number of thiophene rings is 1. The van der Waals surface area contributed by atoms with Crippen LogP contribution in [0.3, 0.4) is 0 Å². The van der Waals surface area contributed by atoms with E-state index in [1.165, 1.54) is 0 Å². The fourth-order valence-corrected chi connectivity index (χ4v) is 4.19. The number of tetrazole rings is 1. The quantitative estimate of drug-likeness (QED) is 0.655. The third-order valence-corrected chi connectivity index (χ3v) is 5.60. The maximum Gasteiger partial charge on any atom is 0.209 e. The Morgan fingerprint density at radius 3 is 3.09 bits per heavy atom. The Balaban J connectivity index is 1.48. The highest BCUT2D eigenvalue weighted by atomic mass is 32.2. The van der Waals surface area contributed by atoms with E-state index in [2.05, 4.69) is 20.7 Å². The van der Waals surface area contributed by atoms with Gasteiger partial charge in [0.2, 0.25) is 5.16 Å². The van der Waals surface area contributed by atoms with Crippen molar-refractivity contribution in [2.24, 2.45) is 0 Å². The Morgan fingerprint density at radius 1 is 1.35 bits per heavy atom. The van der Waals surface area contributed by atoms with Crippen molar-refractivity contribution in [1.29, 1.82) is 0 Å².